The van der Waals surface area contributed by atoms with Crippen molar-refractivity contribution >= 4 is 35.5 Å². The van der Waals surface area contributed by atoms with E-state index in [1.54, 1.807) is 30.3 Å². The summed E-state index contributed by atoms with van der Waals surface area (Å²) in [5, 5.41) is 3.10. The zero-order chi connectivity index (χ0) is 18.8. The van der Waals surface area contributed by atoms with Crippen LogP contribution in [0.15, 0.2) is 30.3 Å². The Morgan fingerprint density at radius 3 is 2.40 bits per heavy atom. The summed E-state index contributed by atoms with van der Waals surface area (Å²) in [5.41, 5.74) is 0.772. The Balaban J connectivity index is 2.47. The van der Waals surface area contributed by atoms with E-state index < -0.39 is 30.5 Å². The number of ether oxygens (including phenoxy) is 2. The number of carbonyl (C=O) groups excluding carboxylic acids is 3. The molecule has 6 nitrogen and oxygen atoms in total. The minimum absolute atomic E-state index is 0.189. The molecular formula is C18H22ClNO5. The van der Waals surface area contributed by atoms with Crippen molar-refractivity contribution in [1.82, 2.24) is 5.32 Å². The zero-order valence-electron chi connectivity index (χ0n) is 14.5. The molecule has 0 fully saturated rings. The van der Waals surface area contributed by atoms with Gasteiger partial charge in [-0.1, -0.05) is 37.6 Å². The van der Waals surface area contributed by atoms with Crippen molar-refractivity contribution in [2.45, 2.75) is 26.3 Å². The number of hydrogen-bond donors (Lipinski definition) is 1. The lowest BCUT2D eigenvalue weighted by atomic mass is 10.0. The molecule has 0 radical (unpaired) electrons. The standard InChI is InChI=1S/C18H22ClNO5/c1-12(2)10-15(18(23)24-3)20-16(21)11-25-17(22)9-6-13-4-7-14(19)8-5-13/h4-9,12,15H,10-11H2,1-3H3,(H,20,21)/b9-6+/t15-/m1/s1. The van der Waals surface area contributed by atoms with Crippen molar-refractivity contribution in [2.75, 3.05) is 13.7 Å². The summed E-state index contributed by atoms with van der Waals surface area (Å²) in [4.78, 5) is 35.1. The largest absolute Gasteiger partial charge is 0.467 e. The molecule has 0 saturated carbocycles. The van der Waals surface area contributed by atoms with Crippen LogP contribution >= 0.6 is 11.6 Å². The van der Waals surface area contributed by atoms with E-state index in [1.165, 1.54) is 13.2 Å². The molecule has 1 aromatic carbocycles. The predicted octanol–water partition coefficient (Wildman–Crippen LogP) is 2.60. The molecule has 1 atom stereocenters. The van der Waals surface area contributed by atoms with Crippen molar-refractivity contribution in [3.8, 4) is 0 Å². The van der Waals surface area contributed by atoms with Gasteiger partial charge >= 0.3 is 11.9 Å². The van der Waals surface area contributed by atoms with Gasteiger partial charge in [0.1, 0.15) is 6.04 Å². The second kappa shape index (κ2) is 10.5. The number of amides is 1. The van der Waals surface area contributed by atoms with E-state index in [2.05, 4.69) is 10.1 Å². The summed E-state index contributed by atoms with van der Waals surface area (Å²) >= 11 is 5.77. The first kappa shape index (κ1) is 20.7. The Hall–Kier alpha value is -2.34. The number of methoxy groups -OCH3 is 1. The second-order valence-electron chi connectivity index (χ2n) is 5.77. The molecule has 1 amide bonds. The molecule has 1 aromatic rings. The smallest absolute Gasteiger partial charge is 0.331 e. The molecule has 0 aliphatic carbocycles. The Bertz CT molecular complexity index is 625. The Morgan fingerprint density at radius 1 is 1.20 bits per heavy atom. The molecule has 0 unspecified atom stereocenters. The fraction of sp³-hybridized carbons (Fsp3) is 0.389. The first-order valence-electron chi connectivity index (χ1n) is 7.79. The summed E-state index contributed by atoms with van der Waals surface area (Å²) in [5.74, 6) is -1.57. The van der Waals surface area contributed by atoms with Crippen LogP contribution < -0.4 is 5.32 Å². The van der Waals surface area contributed by atoms with E-state index in [0.29, 0.717) is 11.4 Å². The third-order valence-corrected chi connectivity index (χ3v) is 3.41. The van der Waals surface area contributed by atoms with Crippen molar-refractivity contribution in [2.24, 2.45) is 5.92 Å². The van der Waals surface area contributed by atoms with Gasteiger partial charge in [-0.25, -0.2) is 9.59 Å². The second-order valence-corrected chi connectivity index (χ2v) is 6.20. The van der Waals surface area contributed by atoms with Crippen molar-refractivity contribution in [3.63, 3.8) is 0 Å². The molecule has 0 aromatic heterocycles. The summed E-state index contributed by atoms with van der Waals surface area (Å²) in [7, 11) is 1.25. The minimum Gasteiger partial charge on any atom is -0.467 e. The lowest BCUT2D eigenvalue weighted by Crippen LogP contribution is -2.44. The Kier molecular flexibility index (Phi) is 8.70. The van der Waals surface area contributed by atoms with Crippen LogP contribution in [0.2, 0.25) is 5.02 Å². The molecule has 25 heavy (non-hydrogen) atoms. The monoisotopic (exact) mass is 367 g/mol. The van der Waals surface area contributed by atoms with Crippen LogP contribution in [0.3, 0.4) is 0 Å². The van der Waals surface area contributed by atoms with Gasteiger partial charge in [0.2, 0.25) is 0 Å². The highest BCUT2D eigenvalue weighted by Gasteiger charge is 2.22. The van der Waals surface area contributed by atoms with Crippen molar-refractivity contribution < 1.29 is 23.9 Å². The molecule has 0 aliphatic rings. The van der Waals surface area contributed by atoms with E-state index >= 15 is 0 Å². The normalized spacial score (nSPS) is 12.0. The first-order valence-corrected chi connectivity index (χ1v) is 8.17. The molecule has 0 spiro atoms. The van der Waals surface area contributed by atoms with E-state index in [4.69, 9.17) is 16.3 Å². The molecule has 0 heterocycles. The third-order valence-electron chi connectivity index (χ3n) is 3.16. The number of hydrogen-bond acceptors (Lipinski definition) is 5. The van der Waals surface area contributed by atoms with Gasteiger partial charge in [-0.05, 0) is 36.1 Å². The van der Waals surface area contributed by atoms with E-state index in [0.717, 1.165) is 5.56 Å². The predicted molar refractivity (Wildman–Crippen MR) is 94.8 cm³/mol. The third kappa shape index (κ3) is 8.35. The number of esters is 2. The van der Waals surface area contributed by atoms with Crippen LogP contribution in [0.25, 0.3) is 6.08 Å². The quantitative estimate of drug-likeness (QED) is 0.564. The average molecular weight is 368 g/mol. The fourth-order valence-electron chi connectivity index (χ4n) is 1.99. The van der Waals surface area contributed by atoms with Gasteiger partial charge in [0.15, 0.2) is 6.61 Å². The van der Waals surface area contributed by atoms with Gasteiger partial charge in [0.05, 0.1) is 7.11 Å². The molecule has 1 N–H and O–H groups in total. The molecule has 1 rings (SSSR count). The molecule has 0 saturated heterocycles. The fourth-order valence-corrected chi connectivity index (χ4v) is 2.11. The van der Waals surface area contributed by atoms with Crippen LogP contribution in [0.1, 0.15) is 25.8 Å². The van der Waals surface area contributed by atoms with Crippen LogP contribution in [-0.4, -0.2) is 37.6 Å². The number of benzene rings is 1. The minimum atomic E-state index is -0.763. The van der Waals surface area contributed by atoms with E-state index in [9.17, 15) is 14.4 Å². The van der Waals surface area contributed by atoms with Crippen LogP contribution in [0, 0.1) is 5.92 Å². The number of carbonyl (C=O) groups is 3. The number of nitrogens with one attached hydrogen (secondary N) is 1. The molecule has 136 valence electrons. The summed E-state index contributed by atoms with van der Waals surface area (Å²) in [6.07, 6.45) is 3.19. The molecule has 7 heteroatoms. The van der Waals surface area contributed by atoms with Crippen LogP contribution in [0.4, 0.5) is 0 Å². The van der Waals surface area contributed by atoms with Crippen molar-refractivity contribution in [1.29, 1.82) is 0 Å². The van der Waals surface area contributed by atoms with E-state index in [-0.39, 0.29) is 5.92 Å². The maximum atomic E-state index is 11.8. The highest BCUT2D eigenvalue weighted by molar-refractivity contribution is 6.30. The SMILES string of the molecule is COC(=O)[C@@H](CC(C)C)NC(=O)COC(=O)/C=C/c1ccc(Cl)cc1. The van der Waals surface area contributed by atoms with Crippen molar-refractivity contribution in [3.05, 3.63) is 40.9 Å². The van der Waals surface area contributed by atoms with Gasteiger partial charge in [-0.15, -0.1) is 0 Å². The topological polar surface area (TPSA) is 81.7 Å². The maximum absolute atomic E-state index is 11.8. The van der Waals surface area contributed by atoms with Crippen LogP contribution in [0.5, 0.6) is 0 Å². The lowest BCUT2D eigenvalue weighted by Gasteiger charge is -2.18. The zero-order valence-corrected chi connectivity index (χ0v) is 15.2. The summed E-state index contributed by atoms with van der Waals surface area (Å²) < 4.78 is 9.51. The lowest BCUT2D eigenvalue weighted by molar-refractivity contribution is -0.148. The highest BCUT2D eigenvalue weighted by Crippen LogP contribution is 2.10. The average Bonchev–Trinajstić information content (AvgIpc) is 2.57. The Morgan fingerprint density at radius 2 is 1.84 bits per heavy atom. The van der Waals surface area contributed by atoms with Gasteiger partial charge in [-0.3, -0.25) is 4.79 Å². The number of rotatable bonds is 8. The van der Waals surface area contributed by atoms with Gasteiger partial charge in [0, 0.05) is 11.1 Å². The molecular weight excluding hydrogens is 346 g/mol. The van der Waals surface area contributed by atoms with Gasteiger partial charge in [0.25, 0.3) is 5.91 Å². The van der Waals surface area contributed by atoms with E-state index in [1.807, 2.05) is 13.8 Å². The molecule has 0 bridgehead atoms. The first-order chi connectivity index (χ1) is 11.8. The van der Waals surface area contributed by atoms with Crippen LogP contribution in [-0.2, 0) is 23.9 Å². The number of halogens is 1. The Labute approximate surface area is 152 Å². The summed E-state index contributed by atoms with van der Waals surface area (Å²) in [6.45, 7) is 3.36. The van der Waals surface area contributed by atoms with Gasteiger partial charge in [-0.2, -0.15) is 0 Å². The van der Waals surface area contributed by atoms with Gasteiger partial charge < -0.3 is 14.8 Å². The summed E-state index contributed by atoms with van der Waals surface area (Å²) in [6, 6.07) is 6.11. The maximum Gasteiger partial charge on any atom is 0.331 e. The molecule has 0 aliphatic heterocycles. The highest BCUT2D eigenvalue weighted by atomic mass is 35.5.